The molecule has 0 bridgehead atoms. The van der Waals surface area contributed by atoms with Crippen LogP contribution in [-0.4, -0.2) is 37.1 Å². The molecule has 300 valence electrons. The molecule has 0 aliphatic heterocycles. The van der Waals surface area contributed by atoms with Crippen molar-refractivity contribution in [1.29, 1.82) is 0 Å². The van der Waals surface area contributed by atoms with Crippen molar-refractivity contribution in [2.24, 2.45) is 0 Å². The number of ether oxygens (including phenoxy) is 6. The topological polar surface area (TPSA) is 124 Å². The van der Waals surface area contributed by atoms with Crippen molar-refractivity contribution < 1.29 is 64.7 Å². The fraction of sp³-hybridized carbons (Fsp3) is 0.174. The van der Waals surface area contributed by atoms with E-state index < -0.39 is 23.9 Å². The molecule has 0 atom stereocenters. The molecule has 0 aliphatic rings. The molecule has 10 nitrogen and oxygen atoms in total. The predicted molar refractivity (Wildman–Crippen MR) is 210 cm³/mol. The number of hydrogen-bond acceptors (Lipinski definition) is 10. The van der Waals surface area contributed by atoms with E-state index in [1.807, 2.05) is 0 Å². The van der Waals surface area contributed by atoms with Crippen molar-refractivity contribution >= 4 is 23.9 Å². The van der Waals surface area contributed by atoms with Crippen LogP contribution in [0.5, 0.6) is 34.5 Å². The van der Waals surface area contributed by atoms with Crippen molar-refractivity contribution in [1.82, 2.24) is 0 Å². The summed E-state index contributed by atoms with van der Waals surface area (Å²) in [5, 5.41) is 0. The maximum atomic E-state index is 12.7. The first kappa shape index (κ1) is 43.3. The Morgan fingerprint density at radius 1 is 0.491 bits per heavy atom. The quantitative estimate of drug-likeness (QED) is 0.0307. The van der Waals surface area contributed by atoms with E-state index in [1.54, 1.807) is 146 Å². The molecule has 0 fully saturated rings. The number of esters is 4. The zero-order chi connectivity index (χ0) is 39.5. The van der Waals surface area contributed by atoms with Gasteiger partial charge in [-0.3, -0.25) is 4.79 Å². The van der Waals surface area contributed by atoms with Crippen LogP contribution in [0.1, 0.15) is 81.0 Å². The maximum Gasteiger partial charge on any atom is 0.347 e. The van der Waals surface area contributed by atoms with Gasteiger partial charge in [-0.15, -0.1) is 0 Å². The van der Waals surface area contributed by atoms with E-state index in [4.69, 9.17) is 28.4 Å². The molecular weight excluding hydrogens is 768 g/mol. The molecule has 0 N–H and O–H groups in total. The predicted octanol–water partition coefficient (Wildman–Crippen LogP) is 10.0. The Hall–Kier alpha value is -6.42. The van der Waals surface area contributed by atoms with Gasteiger partial charge in [0.2, 0.25) is 0 Å². The molecule has 6 rings (SSSR count). The van der Waals surface area contributed by atoms with Crippen LogP contribution in [0.25, 0.3) is 0 Å². The number of rotatable bonds is 16. The van der Waals surface area contributed by atoms with Gasteiger partial charge in [0.1, 0.15) is 28.4 Å². The third kappa shape index (κ3) is 12.8. The van der Waals surface area contributed by atoms with Crippen molar-refractivity contribution in [2.75, 3.05) is 13.2 Å². The van der Waals surface area contributed by atoms with Crippen LogP contribution in [0.15, 0.2) is 146 Å². The molecule has 0 spiro atoms. The van der Waals surface area contributed by atoms with Crippen LogP contribution in [0.2, 0.25) is 0 Å². The molecular formula is C46H42FeO10-6. The molecule has 6 aromatic rings. The van der Waals surface area contributed by atoms with Gasteiger partial charge < -0.3 is 63.0 Å². The number of benzene rings is 4. The summed E-state index contributed by atoms with van der Waals surface area (Å²) in [6.07, 6.45) is 3.78. The second-order valence-corrected chi connectivity index (χ2v) is 12.2. The van der Waals surface area contributed by atoms with Crippen LogP contribution in [0.3, 0.4) is 0 Å². The van der Waals surface area contributed by atoms with Gasteiger partial charge in [-0.25, -0.2) is 21.7 Å². The standard InChI is InChI=1S/2C23H21O5.Fe/c2*1-2-3-16-26-19-13-7-6-12-18(19)23(25)28-21-15-9-8-14-20(21)27-22(24)17-10-4-5-11-17;/h2*4-15H,2-3,16H2,1H3;/q-5;-1;. The van der Waals surface area contributed by atoms with Crippen molar-refractivity contribution in [3.05, 3.63) is 168 Å². The Bertz CT molecular complexity index is 2020. The molecule has 6 aromatic carbocycles. The number of para-hydroxylation sites is 6. The van der Waals surface area contributed by atoms with Gasteiger partial charge in [0.05, 0.1) is 13.2 Å². The molecule has 0 saturated heterocycles. The van der Waals surface area contributed by atoms with Gasteiger partial charge in [-0.05, 0) is 61.4 Å². The van der Waals surface area contributed by atoms with Gasteiger partial charge in [0, 0.05) is 17.1 Å². The van der Waals surface area contributed by atoms with Crippen LogP contribution in [-0.2, 0) is 17.1 Å². The summed E-state index contributed by atoms with van der Waals surface area (Å²) in [5.41, 5.74) is 1.48. The molecule has 0 radical (unpaired) electrons. The van der Waals surface area contributed by atoms with Crippen molar-refractivity contribution in [3.8, 4) is 34.5 Å². The summed E-state index contributed by atoms with van der Waals surface area (Å²) >= 11 is 0. The largest absolute Gasteiger partial charge is 0.680 e. The summed E-state index contributed by atoms with van der Waals surface area (Å²) < 4.78 is 33.2. The molecule has 0 heterocycles. The summed E-state index contributed by atoms with van der Waals surface area (Å²) in [6.45, 7) is 5.18. The summed E-state index contributed by atoms with van der Waals surface area (Å²) in [7, 11) is 0. The fourth-order valence-electron chi connectivity index (χ4n) is 5.06. The average molecular weight is 811 g/mol. The summed E-state index contributed by atoms with van der Waals surface area (Å²) in [6, 6.07) is 40.5. The second kappa shape index (κ2) is 22.8. The van der Waals surface area contributed by atoms with Crippen LogP contribution < -0.4 is 28.4 Å². The monoisotopic (exact) mass is 810 g/mol. The third-order valence-corrected chi connectivity index (χ3v) is 8.03. The maximum absolute atomic E-state index is 12.7. The number of carbonyl (C=O) groups is 4. The minimum absolute atomic E-state index is 0. The molecule has 0 amide bonds. The molecule has 11 heteroatoms. The Labute approximate surface area is 342 Å². The van der Waals surface area contributed by atoms with E-state index in [0.717, 1.165) is 25.7 Å². The van der Waals surface area contributed by atoms with Crippen LogP contribution >= 0.6 is 0 Å². The number of unbranched alkanes of at least 4 members (excludes halogenated alkanes) is 2. The van der Waals surface area contributed by atoms with Gasteiger partial charge in [-0.2, -0.15) is 12.1 Å². The third-order valence-electron chi connectivity index (χ3n) is 8.03. The first-order valence-corrected chi connectivity index (χ1v) is 18.3. The van der Waals surface area contributed by atoms with E-state index in [9.17, 15) is 19.2 Å². The van der Waals surface area contributed by atoms with Gasteiger partial charge in [-0.1, -0.05) is 86.8 Å². The molecule has 57 heavy (non-hydrogen) atoms. The summed E-state index contributed by atoms with van der Waals surface area (Å²) in [5.74, 6) is -0.592. The molecule has 0 aromatic heterocycles. The van der Waals surface area contributed by atoms with E-state index in [-0.39, 0.29) is 40.1 Å². The van der Waals surface area contributed by atoms with Gasteiger partial charge >= 0.3 is 11.9 Å². The smallest absolute Gasteiger partial charge is 0.347 e. The number of carbonyl (C=O) groups excluding carboxylic acids is 4. The minimum atomic E-state index is -0.580. The Kier molecular flexibility index (Phi) is 17.4. The van der Waals surface area contributed by atoms with Crippen molar-refractivity contribution in [2.45, 2.75) is 39.5 Å². The van der Waals surface area contributed by atoms with E-state index >= 15 is 0 Å². The van der Waals surface area contributed by atoms with E-state index in [0.29, 0.717) is 47.0 Å². The average Bonchev–Trinajstić information content (AvgIpc) is 3.97. The van der Waals surface area contributed by atoms with Crippen molar-refractivity contribution in [3.63, 3.8) is 0 Å². The Morgan fingerprint density at radius 3 is 1.28 bits per heavy atom. The zero-order valence-corrected chi connectivity index (χ0v) is 32.6. The summed E-state index contributed by atoms with van der Waals surface area (Å²) in [4.78, 5) is 49.8. The minimum Gasteiger partial charge on any atom is -0.680 e. The van der Waals surface area contributed by atoms with E-state index in [2.05, 4.69) is 13.8 Å². The van der Waals surface area contributed by atoms with Crippen LogP contribution in [0, 0.1) is 0 Å². The SMILES string of the molecule is CCCCOc1ccccc1C(=O)Oc1ccccc1OC(=O)[c-]1[cH-][cH-][cH-][cH-]1.CCCCOc1ccccc1C(=O)Oc1ccccc1OC(=O)[c-]1cccc1.[Fe]. The Balaban J connectivity index is 0.000000248. The first-order valence-electron chi connectivity index (χ1n) is 18.3. The first-order chi connectivity index (χ1) is 27.4. The van der Waals surface area contributed by atoms with E-state index in [1.165, 1.54) is 0 Å². The Morgan fingerprint density at radius 2 is 0.860 bits per heavy atom. The van der Waals surface area contributed by atoms with Crippen LogP contribution in [0.4, 0.5) is 0 Å². The molecule has 0 aliphatic carbocycles. The van der Waals surface area contributed by atoms with Gasteiger partial charge in [0.15, 0.2) is 17.2 Å². The number of hydrogen-bond donors (Lipinski definition) is 0. The molecule has 0 saturated carbocycles. The second-order valence-electron chi connectivity index (χ2n) is 12.2. The molecule has 0 unspecified atom stereocenters. The fourth-order valence-corrected chi connectivity index (χ4v) is 5.06. The normalized spacial score (nSPS) is 10.1. The zero-order valence-electron chi connectivity index (χ0n) is 31.5. The van der Waals surface area contributed by atoms with Gasteiger partial charge in [0.25, 0.3) is 5.97 Å².